The average Bonchev–Trinajstić information content (AvgIpc) is 3.41. The van der Waals surface area contributed by atoms with Crippen molar-refractivity contribution in [3.05, 3.63) is 54.1 Å². The third kappa shape index (κ3) is 3.35. The van der Waals surface area contributed by atoms with Gasteiger partial charge in [-0.1, -0.05) is 29.5 Å². The van der Waals surface area contributed by atoms with Crippen LogP contribution in [0.3, 0.4) is 0 Å². The number of hydrogen-bond acceptors (Lipinski definition) is 5. The lowest BCUT2D eigenvalue weighted by Crippen LogP contribution is -2.19. The molecule has 0 spiro atoms. The summed E-state index contributed by atoms with van der Waals surface area (Å²) < 4.78 is 46.7. The fraction of sp³-hybridized carbons (Fsp3) is 0.286. The van der Waals surface area contributed by atoms with Gasteiger partial charge >= 0.3 is 6.18 Å². The van der Waals surface area contributed by atoms with E-state index < -0.39 is 11.7 Å². The van der Waals surface area contributed by atoms with E-state index in [4.69, 9.17) is 4.74 Å². The van der Waals surface area contributed by atoms with E-state index in [-0.39, 0.29) is 6.10 Å². The minimum absolute atomic E-state index is 0.118. The maximum atomic E-state index is 13.2. The Balaban J connectivity index is 1.63. The maximum absolute atomic E-state index is 13.2. The number of ether oxygens (including phenoxy) is 1. The lowest BCUT2D eigenvalue weighted by Gasteiger charge is -2.14. The van der Waals surface area contributed by atoms with Crippen LogP contribution in [0.5, 0.6) is 0 Å². The third-order valence-corrected chi connectivity index (χ3v) is 5.24. The molecular weight excluding hydrogens is 395 g/mol. The van der Waals surface area contributed by atoms with E-state index in [0.717, 1.165) is 42.5 Å². The van der Waals surface area contributed by atoms with Crippen molar-refractivity contribution in [1.82, 2.24) is 19.8 Å². The van der Waals surface area contributed by atoms with Crippen molar-refractivity contribution in [1.29, 1.82) is 0 Å². The lowest BCUT2D eigenvalue weighted by atomic mass is 10.1. The number of rotatable bonds is 4. The number of halogens is 3. The Morgan fingerprint density at radius 2 is 2.00 bits per heavy atom. The minimum Gasteiger partial charge on any atom is -0.376 e. The van der Waals surface area contributed by atoms with Crippen molar-refractivity contribution in [3.8, 4) is 11.3 Å². The van der Waals surface area contributed by atoms with E-state index in [1.54, 1.807) is 10.6 Å². The summed E-state index contributed by atoms with van der Waals surface area (Å²) in [5.74, 6) is 0.629. The Morgan fingerprint density at radius 1 is 1.13 bits per heavy atom. The number of benzene rings is 2. The van der Waals surface area contributed by atoms with E-state index in [2.05, 4.69) is 20.6 Å². The number of nitrogens with one attached hydrogen (secondary N) is 1. The molecule has 5 rings (SSSR count). The molecule has 9 heteroatoms. The Bertz CT molecular complexity index is 1210. The zero-order valence-electron chi connectivity index (χ0n) is 15.9. The number of aromatic nitrogens is 4. The molecule has 4 aromatic rings. The van der Waals surface area contributed by atoms with Gasteiger partial charge in [-0.2, -0.15) is 17.7 Å². The summed E-state index contributed by atoms with van der Waals surface area (Å²) in [5.41, 5.74) is 1.03. The highest BCUT2D eigenvalue weighted by atomic mass is 19.4. The van der Waals surface area contributed by atoms with Crippen LogP contribution in [0.2, 0.25) is 0 Å². The van der Waals surface area contributed by atoms with Crippen LogP contribution in [0.15, 0.2) is 48.5 Å². The van der Waals surface area contributed by atoms with Gasteiger partial charge in [0.1, 0.15) is 11.5 Å². The van der Waals surface area contributed by atoms with Crippen LogP contribution < -0.4 is 5.32 Å². The van der Waals surface area contributed by atoms with Gasteiger partial charge < -0.3 is 10.1 Å². The zero-order valence-corrected chi connectivity index (χ0v) is 15.9. The molecular formula is C21H18F3N5O. The van der Waals surface area contributed by atoms with Crippen LogP contribution in [0.25, 0.3) is 27.8 Å². The predicted molar refractivity (Wildman–Crippen MR) is 106 cm³/mol. The molecule has 6 nitrogen and oxygen atoms in total. The highest BCUT2D eigenvalue weighted by molar-refractivity contribution is 5.93. The summed E-state index contributed by atoms with van der Waals surface area (Å²) in [4.78, 5) is 4.68. The first kappa shape index (κ1) is 18.8. The molecule has 1 saturated heterocycles. The molecule has 3 heterocycles. The molecule has 0 bridgehead atoms. The Labute approximate surface area is 169 Å². The van der Waals surface area contributed by atoms with E-state index in [0.29, 0.717) is 29.3 Å². The van der Waals surface area contributed by atoms with Gasteiger partial charge in [-0.15, -0.1) is 5.10 Å². The molecule has 2 aromatic heterocycles. The Hall–Kier alpha value is -3.20. The summed E-state index contributed by atoms with van der Waals surface area (Å²) in [6, 6.07) is 12.6. The second kappa shape index (κ2) is 7.24. The molecule has 0 saturated carbocycles. The Kier molecular flexibility index (Phi) is 4.54. The fourth-order valence-corrected chi connectivity index (χ4v) is 3.74. The first-order chi connectivity index (χ1) is 14.5. The van der Waals surface area contributed by atoms with Gasteiger partial charge in [0.25, 0.3) is 0 Å². The number of fused-ring (bicyclic) bond motifs is 3. The monoisotopic (exact) mass is 413 g/mol. The van der Waals surface area contributed by atoms with Gasteiger partial charge in [-0.3, -0.25) is 0 Å². The van der Waals surface area contributed by atoms with Crippen molar-refractivity contribution in [2.45, 2.75) is 25.1 Å². The van der Waals surface area contributed by atoms with E-state index >= 15 is 0 Å². The van der Waals surface area contributed by atoms with Crippen molar-refractivity contribution in [2.75, 3.05) is 18.5 Å². The quantitative estimate of drug-likeness (QED) is 0.532. The van der Waals surface area contributed by atoms with Crippen molar-refractivity contribution < 1.29 is 17.9 Å². The molecule has 1 N–H and O–H groups in total. The van der Waals surface area contributed by atoms with Crippen LogP contribution in [0, 0.1) is 0 Å². The molecule has 0 radical (unpaired) electrons. The summed E-state index contributed by atoms with van der Waals surface area (Å²) >= 11 is 0. The molecule has 154 valence electrons. The predicted octanol–water partition coefficient (Wildman–Crippen LogP) is 4.55. The normalized spacial score (nSPS) is 17.1. The van der Waals surface area contributed by atoms with Crippen molar-refractivity contribution in [3.63, 3.8) is 0 Å². The number of nitrogens with zero attached hydrogens (tertiary/aromatic N) is 4. The van der Waals surface area contributed by atoms with E-state index in [1.807, 2.05) is 24.3 Å². The fourth-order valence-electron chi connectivity index (χ4n) is 3.74. The molecule has 0 aliphatic carbocycles. The lowest BCUT2D eigenvalue weighted by molar-refractivity contribution is -0.137. The third-order valence-electron chi connectivity index (χ3n) is 5.24. The SMILES string of the molecule is FC(F)(F)c1cccc(-c2nnn3c2nc(NC[C@@H]2CCCO2)c2ccccc23)c1. The number of hydrogen-bond donors (Lipinski definition) is 1. The summed E-state index contributed by atoms with van der Waals surface area (Å²) in [5, 5.41) is 12.5. The molecule has 30 heavy (non-hydrogen) atoms. The first-order valence-corrected chi connectivity index (χ1v) is 9.68. The van der Waals surface area contributed by atoms with Gasteiger partial charge in [-0.25, -0.2) is 4.98 Å². The first-order valence-electron chi connectivity index (χ1n) is 9.68. The van der Waals surface area contributed by atoms with Gasteiger partial charge in [0.15, 0.2) is 5.65 Å². The highest BCUT2D eigenvalue weighted by Crippen LogP contribution is 2.33. The standard InChI is InChI=1S/C21H18F3N5O/c22-21(23,24)14-6-3-5-13(11-14)18-20-26-19(25-12-15-7-4-10-30-15)16-8-1-2-9-17(16)29(20)28-27-18/h1-3,5-6,8-9,11,15H,4,7,10,12H2,(H,25,26)/t15-/m0/s1. The van der Waals surface area contributed by atoms with Crippen LogP contribution in [0.4, 0.5) is 19.0 Å². The molecule has 1 atom stereocenters. The molecule has 1 fully saturated rings. The maximum Gasteiger partial charge on any atom is 0.416 e. The summed E-state index contributed by atoms with van der Waals surface area (Å²) in [6.07, 6.45) is -2.30. The zero-order chi connectivity index (χ0) is 20.7. The summed E-state index contributed by atoms with van der Waals surface area (Å²) in [7, 11) is 0. The van der Waals surface area contributed by atoms with E-state index in [1.165, 1.54) is 6.07 Å². The summed E-state index contributed by atoms with van der Waals surface area (Å²) in [6.45, 7) is 1.36. The van der Waals surface area contributed by atoms with Crippen LogP contribution in [0.1, 0.15) is 18.4 Å². The molecule has 0 amide bonds. The van der Waals surface area contributed by atoms with Crippen LogP contribution in [-0.4, -0.2) is 39.1 Å². The molecule has 1 aliphatic rings. The van der Waals surface area contributed by atoms with Gasteiger partial charge in [0, 0.05) is 24.1 Å². The molecule has 0 unspecified atom stereocenters. The van der Waals surface area contributed by atoms with Crippen molar-refractivity contribution in [2.24, 2.45) is 0 Å². The smallest absolute Gasteiger partial charge is 0.376 e. The van der Waals surface area contributed by atoms with E-state index in [9.17, 15) is 13.2 Å². The molecule has 1 aliphatic heterocycles. The van der Waals surface area contributed by atoms with Crippen molar-refractivity contribution >= 4 is 22.4 Å². The second-order valence-electron chi connectivity index (χ2n) is 7.25. The van der Waals surface area contributed by atoms with Crippen LogP contribution in [-0.2, 0) is 10.9 Å². The number of anilines is 1. The topological polar surface area (TPSA) is 64.3 Å². The van der Waals surface area contributed by atoms with Crippen LogP contribution >= 0.6 is 0 Å². The minimum atomic E-state index is -4.44. The van der Waals surface area contributed by atoms with Gasteiger partial charge in [0.2, 0.25) is 0 Å². The number of para-hydroxylation sites is 1. The average molecular weight is 413 g/mol. The van der Waals surface area contributed by atoms with Gasteiger partial charge in [0.05, 0.1) is 17.2 Å². The Morgan fingerprint density at radius 3 is 2.80 bits per heavy atom. The number of alkyl halides is 3. The second-order valence-corrected chi connectivity index (χ2v) is 7.25. The highest BCUT2D eigenvalue weighted by Gasteiger charge is 2.31. The molecule has 2 aromatic carbocycles. The largest absolute Gasteiger partial charge is 0.416 e. The van der Waals surface area contributed by atoms with Gasteiger partial charge in [-0.05, 0) is 37.1 Å².